The average molecular weight is 152 g/mol. The molecule has 2 nitrogen and oxygen atoms in total. The van der Waals surface area contributed by atoms with Crippen molar-refractivity contribution < 1.29 is 9.52 Å². The Bertz CT molecular complexity index is 237. The first-order valence-corrected chi connectivity index (χ1v) is 3.59. The van der Waals surface area contributed by atoms with Gasteiger partial charge in [0.1, 0.15) is 17.6 Å². The van der Waals surface area contributed by atoms with Crippen molar-refractivity contribution in [2.24, 2.45) is 0 Å². The van der Waals surface area contributed by atoms with Crippen LogP contribution in [0.4, 0.5) is 0 Å². The van der Waals surface area contributed by atoms with E-state index in [1.54, 1.807) is 12.1 Å². The summed E-state index contributed by atoms with van der Waals surface area (Å²) >= 11 is 0. The van der Waals surface area contributed by atoms with Gasteiger partial charge in [0.15, 0.2) is 0 Å². The van der Waals surface area contributed by atoms with Crippen molar-refractivity contribution >= 4 is 0 Å². The third-order valence-electron chi connectivity index (χ3n) is 1.48. The quantitative estimate of drug-likeness (QED) is 0.673. The number of furan rings is 1. The number of hydrogen-bond acceptors (Lipinski definition) is 2. The lowest BCUT2D eigenvalue weighted by Crippen LogP contribution is -1.92. The van der Waals surface area contributed by atoms with Gasteiger partial charge in [-0.05, 0) is 25.5 Å². The van der Waals surface area contributed by atoms with E-state index in [1.165, 1.54) is 0 Å². The summed E-state index contributed by atoms with van der Waals surface area (Å²) in [5, 5.41) is 9.37. The lowest BCUT2D eigenvalue weighted by Gasteiger charge is -2.02. The molecule has 0 unspecified atom stereocenters. The van der Waals surface area contributed by atoms with Gasteiger partial charge in [0, 0.05) is 0 Å². The predicted octanol–water partition coefficient (Wildman–Crippen LogP) is 2.20. The normalized spacial score (nSPS) is 12.9. The molecule has 11 heavy (non-hydrogen) atoms. The molecule has 1 N–H and O–H groups in total. The van der Waals surface area contributed by atoms with E-state index in [0.29, 0.717) is 12.2 Å². The van der Waals surface area contributed by atoms with Crippen molar-refractivity contribution in [1.29, 1.82) is 0 Å². The summed E-state index contributed by atoms with van der Waals surface area (Å²) in [4.78, 5) is 0. The zero-order valence-electron chi connectivity index (χ0n) is 6.58. The third-order valence-corrected chi connectivity index (χ3v) is 1.48. The van der Waals surface area contributed by atoms with Crippen LogP contribution in [-0.2, 0) is 0 Å². The van der Waals surface area contributed by atoms with E-state index in [-0.39, 0.29) is 0 Å². The van der Waals surface area contributed by atoms with Crippen LogP contribution in [0.3, 0.4) is 0 Å². The van der Waals surface area contributed by atoms with Gasteiger partial charge in [-0.15, -0.1) is 6.58 Å². The molecule has 0 radical (unpaired) electrons. The van der Waals surface area contributed by atoms with Crippen LogP contribution >= 0.6 is 0 Å². The molecular formula is C9H12O2. The smallest absolute Gasteiger partial charge is 0.132 e. The van der Waals surface area contributed by atoms with Gasteiger partial charge < -0.3 is 9.52 Å². The van der Waals surface area contributed by atoms with Gasteiger partial charge >= 0.3 is 0 Å². The van der Waals surface area contributed by atoms with Gasteiger partial charge in [-0.1, -0.05) is 6.08 Å². The summed E-state index contributed by atoms with van der Waals surface area (Å²) < 4.78 is 5.20. The van der Waals surface area contributed by atoms with Crippen LogP contribution in [0.2, 0.25) is 0 Å². The summed E-state index contributed by atoms with van der Waals surface area (Å²) in [6, 6.07) is 3.62. The Morgan fingerprint density at radius 1 is 1.73 bits per heavy atom. The maximum absolute atomic E-state index is 9.37. The van der Waals surface area contributed by atoms with E-state index in [1.807, 2.05) is 13.0 Å². The van der Waals surface area contributed by atoms with E-state index in [9.17, 15) is 5.11 Å². The molecule has 1 heterocycles. The molecule has 0 bridgehead atoms. The lowest BCUT2D eigenvalue weighted by molar-refractivity contribution is 0.151. The van der Waals surface area contributed by atoms with E-state index < -0.39 is 6.10 Å². The second-order valence-corrected chi connectivity index (χ2v) is 2.49. The maximum atomic E-state index is 9.37. The van der Waals surface area contributed by atoms with Crippen molar-refractivity contribution in [3.63, 3.8) is 0 Å². The van der Waals surface area contributed by atoms with Gasteiger partial charge in [0.2, 0.25) is 0 Å². The highest BCUT2D eigenvalue weighted by atomic mass is 16.4. The van der Waals surface area contributed by atoms with Crippen LogP contribution in [0, 0.1) is 6.92 Å². The second-order valence-electron chi connectivity index (χ2n) is 2.49. The highest BCUT2D eigenvalue weighted by Gasteiger charge is 2.08. The number of rotatable bonds is 3. The van der Waals surface area contributed by atoms with Crippen LogP contribution in [0.1, 0.15) is 24.0 Å². The topological polar surface area (TPSA) is 33.4 Å². The fraction of sp³-hybridized carbons (Fsp3) is 0.333. The molecule has 0 aliphatic rings. The summed E-state index contributed by atoms with van der Waals surface area (Å²) in [5.74, 6) is 1.44. The highest BCUT2D eigenvalue weighted by Crippen LogP contribution is 2.18. The number of hydrogen-bond donors (Lipinski definition) is 1. The molecule has 1 rings (SSSR count). The second kappa shape index (κ2) is 3.39. The largest absolute Gasteiger partial charge is 0.464 e. The minimum atomic E-state index is -0.541. The van der Waals surface area contributed by atoms with Crippen LogP contribution in [0.5, 0.6) is 0 Å². The first-order valence-electron chi connectivity index (χ1n) is 3.59. The first kappa shape index (κ1) is 8.08. The molecule has 0 aromatic carbocycles. The average Bonchev–Trinajstić information content (AvgIpc) is 2.36. The van der Waals surface area contributed by atoms with Crippen molar-refractivity contribution in [2.45, 2.75) is 19.4 Å². The maximum Gasteiger partial charge on any atom is 0.132 e. The first-order chi connectivity index (χ1) is 5.24. The van der Waals surface area contributed by atoms with Crippen molar-refractivity contribution in [3.05, 3.63) is 36.3 Å². The predicted molar refractivity (Wildman–Crippen MR) is 43.2 cm³/mol. The fourth-order valence-corrected chi connectivity index (χ4v) is 0.907. The van der Waals surface area contributed by atoms with Gasteiger partial charge in [-0.25, -0.2) is 0 Å². The van der Waals surface area contributed by atoms with Gasteiger partial charge in [0.05, 0.1) is 0 Å². The van der Waals surface area contributed by atoms with E-state index in [4.69, 9.17) is 4.42 Å². The van der Waals surface area contributed by atoms with Crippen LogP contribution in [-0.4, -0.2) is 5.11 Å². The standard InChI is InChI=1S/C9H12O2/c1-3-4-8(10)9-6-5-7(2)11-9/h3,5-6,8,10H,1,4H2,2H3/t8-/m0/s1. The monoisotopic (exact) mass is 152 g/mol. The summed E-state index contributed by atoms with van der Waals surface area (Å²) in [7, 11) is 0. The van der Waals surface area contributed by atoms with E-state index in [0.717, 1.165) is 5.76 Å². The summed E-state index contributed by atoms with van der Waals surface area (Å²) in [6.07, 6.45) is 1.66. The highest BCUT2D eigenvalue weighted by molar-refractivity contribution is 5.08. The number of aliphatic hydroxyl groups is 1. The van der Waals surface area contributed by atoms with Crippen LogP contribution in [0.15, 0.2) is 29.2 Å². The SMILES string of the molecule is C=CC[C@H](O)c1ccc(C)o1. The Hall–Kier alpha value is -1.02. The molecule has 2 heteroatoms. The molecule has 0 aliphatic heterocycles. The zero-order chi connectivity index (χ0) is 8.27. The van der Waals surface area contributed by atoms with Gasteiger partial charge in [-0.3, -0.25) is 0 Å². The molecule has 0 aliphatic carbocycles. The molecular weight excluding hydrogens is 140 g/mol. The fourth-order valence-electron chi connectivity index (χ4n) is 0.907. The minimum absolute atomic E-state index is 0.535. The molecule has 0 saturated carbocycles. The lowest BCUT2D eigenvalue weighted by atomic mass is 10.2. The Morgan fingerprint density at radius 2 is 2.45 bits per heavy atom. The van der Waals surface area contributed by atoms with Crippen LogP contribution < -0.4 is 0 Å². The molecule has 1 aromatic heterocycles. The van der Waals surface area contributed by atoms with Crippen molar-refractivity contribution in [2.75, 3.05) is 0 Å². The Morgan fingerprint density at radius 3 is 2.91 bits per heavy atom. The molecule has 0 saturated heterocycles. The summed E-state index contributed by atoms with van der Waals surface area (Å²) in [5.41, 5.74) is 0. The molecule has 0 fully saturated rings. The Balaban J connectivity index is 2.67. The minimum Gasteiger partial charge on any atom is -0.464 e. The Labute approximate surface area is 66.2 Å². The van der Waals surface area contributed by atoms with E-state index >= 15 is 0 Å². The molecule has 1 atom stereocenters. The number of aryl methyl sites for hydroxylation is 1. The molecule has 0 spiro atoms. The Kier molecular flexibility index (Phi) is 2.49. The number of aliphatic hydroxyl groups excluding tert-OH is 1. The molecule has 60 valence electrons. The van der Waals surface area contributed by atoms with Crippen molar-refractivity contribution in [3.8, 4) is 0 Å². The third kappa shape index (κ3) is 1.95. The van der Waals surface area contributed by atoms with Crippen LogP contribution in [0.25, 0.3) is 0 Å². The molecule has 1 aromatic rings. The van der Waals surface area contributed by atoms with Gasteiger partial charge in [-0.2, -0.15) is 0 Å². The summed E-state index contributed by atoms with van der Waals surface area (Å²) in [6.45, 7) is 5.38. The van der Waals surface area contributed by atoms with Gasteiger partial charge in [0.25, 0.3) is 0 Å². The molecule has 0 amide bonds. The van der Waals surface area contributed by atoms with Crippen molar-refractivity contribution in [1.82, 2.24) is 0 Å². The zero-order valence-corrected chi connectivity index (χ0v) is 6.58. The van der Waals surface area contributed by atoms with E-state index in [2.05, 4.69) is 6.58 Å².